The summed E-state index contributed by atoms with van der Waals surface area (Å²) in [5, 5.41) is 0. The molecule has 1 atom stereocenters. The Labute approximate surface area is 116 Å². The number of rotatable bonds is 5. The zero-order valence-corrected chi connectivity index (χ0v) is 12.6. The molecular formula is C11H18N2O4S2. The number of hydrogen-bond acceptors (Lipinski definition) is 5. The topological polar surface area (TPSA) is 79.5 Å². The highest BCUT2D eigenvalue weighted by Crippen LogP contribution is 2.23. The third kappa shape index (κ3) is 3.07. The highest BCUT2D eigenvalue weighted by atomic mass is 32.2. The summed E-state index contributed by atoms with van der Waals surface area (Å²) in [7, 11) is -3.58. The first kappa shape index (κ1) is 14.7. The highest BCUT2D eigenvalue weighted by molar-refractivity contribution is 7.91. The van der Waals surface area contributed by atoms with Crippen LogP contribution >= 0.6 is 11.3 Å². The molecule has 6 nitrogen and oxygen atoms in total. The van der Waals surface area contributed by atoms with Crippen molar-refractivity contribution < 1.29 is 13.2 Å². The molecule has 1 aliphatic heterocycles. The molecule has 1 aromatic heterocycles. The van der Waals surface area contributed by atoms with Crippen LogP contribution in [0.5, 0.6) is 0 Å². The molecule has 19 heavy (non-hydrogen) atoms. The van der Waals surface area contributed by atoms with E-state index in [2.05, 4.69) is 4.98 Å². The van der Waals surface area contributed by atoms with Gasteiger partial charge >= 0.3 is 4.87 Å². The summed E-state index contributed by atoms with van der Waals surface area (Å²) in [6, 6.07) is 0. The van der Waals surface area contributed by atoms with Gasteiger partial charge in [0.25, 0.3) is 10.0 Å². The van der Waals surface area contributed by atoms with Gasteiger partial charge in [0, 0.05) is 25.4 Å². The lowest BCUT2D eigenvalue weighted by Crippen LogP contribution is -2.35. The van der Waals surface area contributed by atoms with Crippen molar-refractivity contribution in [3.63, 3.8) is 0 Å². The minimum Gasteiger partial charge on any atom is -0.381 e. The van der Waals surface area contributed by atoms with Gasteiger partial charge in [-0.25, -0.2) is 8.42 Å². The van der Waals surface area contributed by atoms with Crippen LogP contribution in [0.3, 0.4) is 0 Å². The third-order valence-electron chi connectivity index (χ3n) is 3.19. The molecule has 0 amide bonds. The smallest absolute Gasteiger partial charge is 0.305 e. The zero-order valence-electron chi connectivity index (χ0n) is 11.0. The van der Waals surface area contributed by atoms with Gasteiger partial charge in [-0.2, -0.15) is 4.31 Å². The standard InChI is InChI=1S/C11H18N2O4S2/c1-3-13(6-9-4-5-17-7-9)19(15,16)10-8(2)12-11(14)18-10/h9H,3-7H2,1-2H3,(H,12,14). The van der Waals surface area contributed by atoms with Gasteiger partial charge in [0.15, 0.2) is 4.21 Å². The van der Waals surface area contributed by atoms with E-state index in [0.29, 0.717) is 32.0 Å². The van der Waals surface area contributed by atoms with E-state index < -0.39 is 10.0 Å². The Morgan fingerprint density at radius 3 is 2.74 bits per heavy atom. The van der Waals surface area contributed by atoms with Crippen molar-refractivity contribution in [2.75, 3.05) is 26.3 Å². The average Bonchev–Trinajstić information content (AvgIpc) is 2.95. The maximum Gasteiger partial charge on any atom is 0.305 e. The summed E-state index contributed by atoms with van der Waals surface area (Å²) < 4.78 is 31.9. The maximum atomic E-state index is 12.5. The van der Waals surface area contributed by atoms with E-state index in [1.807, 2.05) is 0 Å². The van der Waals surface area contributed by atoms with Gasteiger partial charge in [-0.1, -0.05) is 18.3 Å². The highest BCUT2D eigenvalue weighted by Gasteiger charge is 2.30. The summed E-state index contributed by atoms with van der Waals surface area (Å²) >= 11 is 0.751. The van der Waals surface area contributed by atoms with E-state index in [-0.39, 0.29) is 15.0 Å². The van der Waals surface area contributed by atoms with Gasteiger partial charge in [-0.15, -0.1) is 0 Å². The van der Waals surface area contributed by atoms with Crippen LogP contribution in [0.15, 0.2) is 9.00 Å². The fourth-order valence-electron chi connectivity index (χ4n) is 2.17. The molecular weight excluding hydrogens is 288 g/mol. The molecule has 0 aromatic carbocycles. The van der Waals surface area contributed by atoms with Crippen molar-refractivity contribution in [1.29, 1.82) is 0 Å². The van der Waals surface area contributed by atoms with Crippen molar-refractivity contribution in [3.8, 4) is 0 Å². The van der Waals surface area contributed by atoms with Crippen molar-refractivity contribution in [1.82, 2.24) is 9.29 Å². The van der Waals surface area contributed by atoms with Crippen LogP contribution < -0.4 is 4.87 Å². The first-order valence-corrected chi connectivity index (χ1v) is 8.48. The van der Waals surface area contributed by atoms with E-state index in [9.17, 15) is 13.2 Å². The summed E-state index contributed by atoms with van der Waals surface area (Å²) in [4.78, 5) is 13.5. The van der Waals surface area contributed by atoms with Gasteiger partial charge < -0.3 is 9.72 Å². The average molecular weight is 306 g/mol. The van der Waals surface area contributed by atoms with E-state index >= 15 is 0 Å². The van der Waals surface area contributed by atoms with Crippen molar-refractivity contribution in [3.05, 3.63) is 15.4 Å². The molecule has 0 spiro atoms. The molecule has 2 rings (SSSR count). The van der Waals surface area contributed by atoms with Gasteiger partial charge in [0.2, 0.25) is 0 Å². The fraction of sp³-hybridized carbons (Fsp3) is 0.727. The minimum atomic E-state index is -3.58. The number of hydrogen-bond donors (Lipinski definition) is 1. The molecule has 1 aliphatic rings. The lowest BCUT2D eigenvalue weighted by Gasteiger charge is -2.22. The Bertz CT molecular complexity index is 584. The largest absolute Gasteiger partial charge is 0.381 e. The molecule has 0 aliphatic carbocycles. The Kier molecular flexibility index (Phi) is 4.44. The Morgan fingerprint density at radius 2 is 2.26 bits per heavy atom. The van der Waals surface area contributed by atoms with Crippen LogP contribution in [0.25, 0.3) is 0 Å². The number of aromatic amines is 1. The predicted octanol–water partition coefficient (Wildman–Crippen LogP) is 0.792. The van der Waals surface area contributed by atoms with E-state index in [1.165, 1.54) is 4.31 Å². The van der Waals surface area contributed by atoms with Gasteiger partial charge in [0.1, 0.15) is 0 Å². The molecule has 108 valence electrons. The van der Waals surface area contributed by atoms with Crippen LogP contribution in [0.4, 0.5) is 0 Å². The van der Waals surface area contributed by atoms with Crippen LogP contribution in [0.2, 0.25) is 0 Å². The van der Waals surface area contributed by atoms with E-state index in [4.69, 9.17) is 4.74 Å². The second-order valence-electron chi connectivity index (χ2n) is 4.61. The molecule has 0 radical (unpaired) electrons. The van der Waals surface area contributed by atoms with Crippen molar-refractivity contribution in [2.45, 2.75) is 24.5 Å². The molecule has 1 unspecified atom stereocenters. The van der Waals surface area contributed by atoms with Crippen LogP contribution in [0.1, 0.15) is 19.0 Å². The molecule has 0 bridgehead atoms. The summed E-state index contributed by atoms with van der Waals surface area (Å²) in [5.41, 5.74) is 0.413. The fourth-order valence-corrected chi connectivity index (χ4v) is 5.13. The van der Waals surface area contributed by atoms with Crippen molar-refractivity contribution in [2.24, 2.45) is 5.92 Å². The number of aryl methyl sites for hydroxylation is 1. The molecule has 0 saturated carbocycles. The second kappa shape index (κ2) is 5.74. The zero-order chi connectivity index (χ0) is 14.0. The van der Waals surface area contributed by atoms with Gasteiger partial charge in [-0.05, 0) is 19.3 Å². The number of H-pyrrole nitrogens is 1. The second-order valence-corrected chi connectivity index (χ2v) is 7.73. The van der Waals surface area contributed by atoms with Crippen LogP contribution in [-0.4, -0.2) is 44.0 Å². The number of thiazole rings is 1. The monoisotopic (exact) mass is 306 g/mol. The molecule has 1 fully saturated rings. The van der Waals surface area contributed by atoms with Crippen molar-refractivity contribution >= 4 is 21.4 Å². The molecule has 1 aromatic rings. The number of nitrogens with one attached hydrogen (secondary N) is 1. The number of nitrogens with zero attached hydrogens (tertiary/aromatic N) is 1. The normalized spacial score (nSPS) is 20.3. The summed E-state index contributed by atoms with van der Waals surface area (Å²) in [6.07, 6.45) is 0.883. The summed E-state index contributed by atoms with van der Waals surface area (Å²) in [6.45, 7) is 5.55. The maximum absolute atomic E-state index is 12.5. The molecule has 8 heteroatoms. The molecule has 1 N–H and O–H groups in total. The van der Waals surface area contributed by atoms with Gasteiger partial charge in [-0.3, -0.25) is 4.79 Å². The first-order chi connectivity index (χ1) is 8.95. The first-order valence-electron chi connectivity index (χ1n) is 6.22. The van der Waals surface area contributed by atoms with E-state index in [0.717, 1.165) is 17.8 Å². The Morgan fingerprint density at radius 1 is 1.53 bits per heavy atom. The number of ether oxygens (including phenoxy) is 1. The van der Waals surface area contributed by atoms with Crippen LogP contribution in [-0.2, 0) is 14.8 Å². The van der Waals surface area contributed by atoms with Crippen LogP contribution in [0, 0.1) is 12.8 Å². The Hall–Kier alpha value is -0.700. The number of aromatic nitrogens is 1. The predicted molar refractivity (Wildman–Crippen MR) is 73.0 cm³/mol. The summed E-state index contributed by atoms with van der Waals surface area (Å²) in [5.74, 6) is 0.241. The number of sulfonamides is 1. The molecule has 1 saturated heterocycles. The Balaban J connectivity index is 2.25. The molecule has 2 heterocycles. The lowest BCUT2D eigenvalue weighted by molar-refractivity contribution is 0.181. The van der Waals surface area contributed by atoms with E-state index in [1.54, 1.807) is 13.8 Å². The SMILES string of the molecule is CCN(CC1CCOC1)S(=O)(=O)c1sc(=O)[nH]c1C. The van der Waals surface area contributed by atoms with Gasteiger partial charge in [0.05, 0.1) is 6.61 Å². The minimum absolute atomic E-state index is 0.123. The quantitative estimate of drug-likeness (QED) is 0.872. The third-order valence-corrected chi connectivity index (χ3v) is 6.72. The lowest BCUT2D eigenvalue weighted by atomic mass is 10.1.